The molecule has 2 aliphatic heterocycles. The van der Waals surface area contributed by atoms with E-state index in [2.05, 4.69) is 18.9 Å². The highest BCUT2D eigenvalue weighted by Gasteiger charge is 2.60. The zero-order valence-corrected chi connectivity index (χ0v) is 31.2. The molecule has 2 aromatic carbocycles. The molecule has 2 aliphatic carbocycles. The van der Waals surface area contributed by atoms with Gasteiger partial charge in [0.2, 0.25) is 11.8 Å². The number of hydrogen-bond donors (Lipinski definition) is 0. The van der Waals surface area contributed by atoms with Crippen LogP contribution in [0.3, 0.4) is 0 Å². The molecule has 2 saturated carbocycles. The minimum atomic E-state index is -2.72. The van der Waals surface area contributed by atoms with Gasteiger partial charge in [0.25, 0.3) is 5.91 Å². The van der Waals surface area contributed by atoms with Crippen molar-refractivity contribution in [3.05, 3.63) is 82.9 Å². The van der Waals surface area contributed by atoms with Crippen LogP contribution in [0.2, 0.25) is 0 Å². The topological polar surface area (TPSA) is 94.0 Å². The number of amides is 2. The van der Waals surface area contributed by atoms with Crippen LogP contribution in [-0.4, -0.2) is 81.7 Å². The van der Waals surface area contributed by atoms with Gasteiger partial charge in [-0.3, -0.25) is 14.3 Å². The molecule has 9 nitrogen and oxygen atoms in total. The number of likely N-dealkylation sites (tertiary alicyclic amines) is 2. The number of hydrogen-bond acceptors (Lipinski definition) is 6. The molecule has 7 rings (SSSR count). The number of nitrogens with zero attached hydrogens (tertiary/aromatic N) is 4. The monoisotopic (exact) mass is 734 g/mol. The Labute approximate surface area is 308 Å². The number of halogens is 3. The summed E-state index contributed by atoms with van der Waals surface area (Å²) < 4.78 is 55.7. The van der Waals surface area contributed by atoms with Gasteiger partial charge in [0.1, 0.15) is 22.7 Å². The molecule has 3 aromatic rings. The van der Waals surface area contributed by atoms with Crippen molar-refractivity contribution >= 4 is 17.8 Å². The second-order valence-corrected chi connectivity index (χ2v) is 17.4. The van der Waals surface area contributed by atoms with Gasteiger partial charge in [-0.25, -0.2) is 18.0 Å². The fraction of sp³-hybridized carbons (Fsp3) is 0.561. The van der Waals surface area contributed by atoms with E-state index >= 15 is 0 Å². The van der Waals surface area contributed by atoms with Crippen molar-refractivity contribution in [1.29, 1.82) is 0 Å². The average molecular weight is 735 g/mol. The van der Waals surface area contributed by atoms with Crippen LogP contribution in [-0.2, 0) is 16.1 Å². The van der Waals surface area contributed by atoms with Gasteiger partial charge in [-0.15, -0.1) is 0 Å². The lowest BCUT2D eigenvalue weighted by molar-refractivity contribution is -0.148. The summed E-state index contributed by atoms with van der Waals surface area (Å²) in [7, 11) is 0. The maximum atomic E-state index is 14.1. The molecular weight excluding hydrogens is 685 g/mol. The number of ether oxygens (including phenoxy) is 2. The summed E-state index contributed by atoms with van der Waals surface area (Å²) in [5, 5.41) is 4.39. The fourth-order valence-corrected chi connectivity index (χ4v) is 8.37. The SMILES string of the molecule is CC(C)(C)OC(=O)c1c(OCC2CN(C(=O)c3cnn(Cc4ccc(F)cc4)c3)CC23CN(C(=O)[C@H]2CC2(C)C)C3)cccc1C1CCC(F)(F)CC1. The number of esters is 1. The molecule has 0 N–H and O–H groups in total. The molecule has 1 unspecified atom stereocenters. The van der Waals surface area contributed by atoms with E-state index in [0.717, 1.165) is 12.0 Å². The van der Waals surface area contributed by atoms with Crippen LogP contribution < -0.4 is 4.74 Å². The van der Waals surface area contributed by atoms with Crippen LogP contribution >= 0.6 is 0 Å². The van der Waals surface area contributed by atoms with Gasteiger partial charge in [-0.2, -0.15) is 5.10 Å². The molecule has 2 atom stereocenters. The largest absolute Gasteiger partial charge is 0.492 e. The average Bonchev–Trinajstić information content (AvgIpc) is 3.36. The predicted octanol–water partition coefficient (Wildman–Crippen LogP) is 7.34. The highest BCUT2D eigenvalue weighted by atomic mass is 19.3. The quantitative estimate of drug-likeness (QED) is 0.214. The molecule has 53 heavy (non-hydrogen) atoms. The van der Waals surface area contributed by atoms with Gasteiger partial charge >= 0.3 is 5.97 Å². The third-order valence-electron chi connectivity index (χ3n) is 11.6. The summed E-state index contributed by atoms with van der Waals surface area (Å²) in [5.74, 6) is -3.74. The Morgan fingerprint density at radius 1 is 0.962 bits per heavy atom. The molecule has 4 aliphatic rings. The van der Waals surface area contributed by atoms with E-state index in [0.29, 0.717) is 49.6 Å². The maximum absolute atomic E-state index is 14.1. The van der Waals surface area contributed by atoms with Crippen molar-refractivity contribution in [2.75, 3.05) is 32.8 Å². The van der Waals surface area contributed by atoms with Crippen molar-refractivity contribution in [3.8, 4) is 5.75 Å². The van der Waals surface area contributed by atoms with E-state index in [1.807, 2.05) is 11.0 Å². The number of alkyl halides is 2. The lowest BCUT2D eigenvalue weighted by atomic mass is 9.71. The summed E-state index contributed by atoms with van der Waals surface area (Å²) in [6.07, 6.45) is 4.08. The van der Waals surface area contributed by atoms with Crippen molar-refractivity contribution in [3.63, 3.8) is 0 Å². The first kappa shape index (κ1) is 37.0. The Bertz CT molecular complexity index is 1870. The first-order chi connectivity index (χ1) is 24.9. The van der Waals surface area contributed by atoms with Gasteiger partial charge in [0, 0.05) is 62.5 Å². The molecule has 3 heterocycles. The van der Waals surface area contributed by atoms with E-state index in [1.54, 1.807) is 60.8 Å². The third-order valence-corrected chi connectivity index (χ3v) is 11.6. The smallest absolute Gasteiger partial charge is 0.342 e. The highest BCUT2D eigenvalue weighted by molar-refractivity contribution is 5.95. The second kappa shape index (κ2) is 13.5. The third kappa shape index (κ3) is 7.82. The zero-order valence-electron chi connectivity index (χ0n) is 31.2. The minimum Gasteiger partial charge on any atom is -0.492 e. The lowest BCUT2D eigenvalue weighted by Gasteiger charge is -2.51. The summed E-state index contributed by atoms with van der Waals surface area (Å²) >= 11 is 0. The number of carbonyl (C=O) groups is 3. The molecular formula is C41H49F3N4O5. The van der Waals surface area contributed by atoms with Crippen LogP contribution in [0.15, 0.2) is 54.9 Å². The molecule has 2 amide bonds. The predicted molar refractivity (Wildman–Crippen MR) is 191 cm³/mol. The summed E-state index contributed by atoms with van der Waals surface area (Å²) in [6, 6.07) is 11.4. The normalized spacial score (nSPS) is 23.1. The van der Waals surface area contributed by atoms with Gasteiger partial charge < -0.3 is 19.3 Å². The molecule has 1 aromatic heterocycles. The van der Waals surface area contributed by atoms with E-state index in [1.165, 1.54) is 18.3 Å². The Kier molecular flexibility index (Phi) is 9.42. The number of carbonyl (C=O) groups excluding carboxylic acids is 3. The Balaban J connectivity index is 1.12. The van der Waals surface area contributed by atoms with Crippen molar-refractivity contribution in [2.45, 2.75) is 90.7 Å². The van der Waals surface area contributed by atoms with Gasteiger partial charge in [0.05, 0.1) is 24.9 Å². The van der Waals surface area contributed by atoms with Crippen molar-refractivity contribution in [1.82, 2.24) is 19.6 Å². The van der Waals surface area contributed by atoms with Crippen LogP contribution in [0.5, 0.6) is 5.75 Å². The zero-order chi connectivity index (χ0) is 37.9. The van der Waals surface area contributed by atoms with Gasteiger partial charge in [-0.1, -0.05) is 38.1 Å². The molecule has 0 bridgehead atoms. The first-order valence-corrected chi connectivity index (χ1v) is 18.6. The number of aromatic nitrogens is 2. The number of rotatable bonds is 9. The number of benzene rings is 2. The highest BCUT2D eigenvalue weighted by Crippen LogP contribution is 2.55. The van der Waals surface area contributed by atoms with E-state index in [9.17, 15) is 27.6 Å². The maximum Gasteiger partial charge on any atom is 0.342 e. The second-order valence-electron chi connectivity index (χ2n) is 17.4. The van der Waals surface area contributed by atoms with E-state index < -0.39 is 22.9 Å². The molecule has 12 heteroatoms. The molecule has 284 valence electrons. The summed E-state index contributed by atoms with van der Waals surface area (Å²) in [6.45, 7) is 11.9. The Hall–Kier alpha value is -4.35. The molecule has 2 saturated heterocycles. The van der Waals surface area contributed by atoms with Crippen LogP contribution in [0, 0.1) is 28.5 Å². The van der Waals surface area contributed by atoms with E-state index in [-0.39, 0.29) is 78.7 Å². The van der Waals surface area contributed by atoms with Crippen LogP contribution in [0.25, 0.3) is 0 Å². The van der Waals surface area contributed by atoms with Crippen LogP contribution in [0.4, 0.5) is 13.2 Å². The Morgan fingerprint density at radius 2 is 1.62 bits per heavy atom. The van der Waals surface area contributed by atoms with Crippen LogP contribution in [0.1, 0.15) is 104 Å². The molecule has 0 radical (unpaired) electrons. The fourth-order valence-electron chi connectivity index (χ4n) is 8.37. The molecule has 4 fully saturated rings. The Morgan fingerprint density at radius 3 is 2.26 bits per heavy atom. The van der Waals surface area contributed by atoms with E-state index in [4.69, 9.17) is 9.47 Å². The first-order valence-electron chi connectivity index (χ1n) is 18.6. The minimum absolute atomic E-state index is 0.000465. The summed E-state index contributed by atoms with van der Waals surface area (Å²) in [5.41, 5.74) is 0.970. The molecule has 1 spiro atoms. The summed E-state index contributed by atoms with van der Waals surface area (Å²) in [4.78, 5) is 44.8. The van der Waals surface area contributed by atoms with Gasteiger partial charge in [-0.05, 0) is 80.7 Å². The van der Waals surface area contributed by atoms with Crippen molar-refractivity contribution in [2.24, 2.45) is 22.7 Å². The van der Waals surface area contributed by atoms with Gasteiger partial charge in [0.15, 0.2) is 0 Å². The lowest BCUT2D eigenvalue weighted by Crippen LogP contribution is -2.63. The standard InChI is InChI=1S/C41H49F3N4O5/c1-38(2,3)53-37(51)34-31(27-13-15-41(43,44)16-14-27)7-6-8-33(34)52-22-29-21-46(23-40(29)24-47(25-40)36(50)32-17-39(32,4)5)35(49)28-18-45-48(20-28)19-26-9-11-30(42)12-10-26/h6-12,18,20,27,29,32H,13-17,19,21-25H2,1-5H3/t29?,32-/m1/s1. The van der Waals surface area contributed by atoms with Crippen molar-refractivity contribution < 1.29 is 37.0 Å².